The van der Waals surface area contributed by atoms with Crippen LogP contribution in [0.15, 0.2) is 146 Å². The third-order valence-electron chi connectivity index (χ3n) is 8.29. The van der Waals surface area contributed by atoms with Gasteiger partial charge in [-0.2, -0.15) is 0 Å². The van der Waals surface area contributed by atoms with Gasteiger partial charge in [0.25, 0.3) is 0 Å². The number of para-hydroxylation sites is 1. The molecule has 6 heterocycles. The van der Waals surface area contributed by atoms with Crippen molar-refractivity contribution in [3.05, 3.63) is 146 Å². The van der Waals surface area contributed by atoms with Crippen LogP contribution >= 0.6 is 0 Å². The molecule has 6 aromatic heterocycles. The summed E-state index contributed by atoms with van der Waals surface area (Å²) in [7, 11) is 0. The van der Waals surface area contributed by atoms with E-state index in [1.807, 2.05) is 48.9 Å². The van der Waals surface area contributed by atoms with E-state index < -0.39 is 0 Å². The maximum atomic E-state index is 5.48. The zero-order valence-corrected chi connectivity index (χ0v) is 23.5. The minimum absolute atomic E-state index is 0.795. The van der Waals surface area contributed by atoms with E-state index in [1.54, 1.807) is 0 Å². The number of fused-ring (bicyclic) bond motifs is 6. The van der Waals surface area contributed by atoms with E-state index in [0.717, 1.165) is 77.9 Å². The summed E-state index contributed by atoms with van der Waals surface area (Å²) in [6.45, 7) is 0. The summed E-state index contributed by atoms with van der Waals surface area (Å²) in [5.74, 6) is 1.64. The molecular formula is C38H24N6. The van der Waals surface area contributed by atoms with Gasteiger partial charge in [-0.3, -0.25) is 14.1 Å². The Morgan fingerprint density at radius 1 is 0.409 bits per heavy atom. The molecule has 0 amide bonds. The van der Waals surface area contributed by atoms with Gasteiger partial charge in [0.05, 0.1) is 16.6 Å². The van der Waals surface area contributed by atoms with E-state index >= 15 is 0 Å². The van der Waals surface area contributed by atoms with Gasteiger partial charge < -0.3 is 0 Å². The number of nitrogens with zero attached hydrogens (tertiary/aromatic N) is 6. The van der Waals surface area contributed by atoms with Crippen molar-refractivity contribution in [1.29, 1.82) is 0 Å². The first-order chi connectivity index (χ1) is 21.9. The second-order valence-electron chi connectivity index (χ2n) is 10.8. The first-order valence-electron chi connectivity index (χ1n) is 14.6. The van der Waals surface area contributed by atoms with Crippen LogP contribution < -0.4 is 0 Å². The lowest BCUT2D eigenvalue weighted by molar-refractivity contribution is 1.04. The lowest BCUT2D eigenvalue weighted by atomic mass is 10.1. The molecule has 0 spiro atoms. The summed E-state index contributed by atoms with van der Waals surface area (Å²) >= 11 is 0. The van der Waals surface area contributed by atoms with Crippen molar-refractivity contribution >= 4 is 44.0 Å². The minimum Gasteiger partial charge on any atom is -0.277 e. The van der Waals surface area contributed by atoms with Gasteiger partial charge in [0, 0.05) is 45.9 Å². The van der Waals surface area contributed by atoms with Gasteiger partial charge in [0.2, 0.25) is 0 Å². The van der Waals surface area contributed by atoms with Crippen LogP contribution in [-0.2, 0) is 0 Å². The van der Waals surface area contributed by atoms with Crippen LogP contribution in [0, 0.1) is 0 Å². The molecule has 0 atom stereocenters. The van der Waals surface area contributed by atoms with Crippen molar-refractivity contribution in [2.75, 3.05) is 0 Å². The van der Waals surface area contributed by atoms with E-state index in [9.17, 15) is 0 Å². The molecule has 0 N–H and O–H groups in total. The standard InChI is InChI=1S/C38H24N6/c1-3-12-25(13-4-1)27-17-9-22-40-35(27)43-32-19-8-7-16-29(32)30-24-31-34-33(20-11-21-39-34)44(38(31)42-37(30)43)36-28(18-10-23-41-36)26-14-5-2-6-15-26/h1-24H. The van der Waals surface area contributed by atoms with Gasteiger partial charge >= 0.3 is 0 Å². The molecule has 0 aliphatic rings. The fourth-order valence-electron chi connectivity index (χ4n) is 6.38. The molecule has 9 aromatic rings. The van der Waals surface area contributed by atoms with Gasteiger partial charge in [-0.1, -0.05) is 78.9 Å². The molecule has 0 radical (unpaired) electrons. The minimum atomic E-state index is 0.795. The highest BCUT2D eigenvalue weighted by Crippen LogP contribution is 2.39. The van der Waals surface area contributed by atoms with Crippen LogP contribution in [0.25, 0.3) is 77.9 Å². The Bertz CT molecular complexity index is 2320. The van der Waals surface area contributed by atoms with Crippen LogP contribution in [0.1, 0.15) is 0 Å². The average molecular weight is 565 g/mol. The van der Waals surface area contributed by atoms with Crippen molar-refractivity contribution in [2.45, 2.75) is 0 Å². The number of pyridine rings is 4. The molecule has 0 unspecified atom stereocenters. The van der Waals surface area contributed by atoms with Crippen molar-refractivity contribution < 1.29 is 0 Å². The molecule has 6 nitrogen and oxygen atoms in total. The molecule has 3 aromatic carbocycles. The third-order valence-corrected chi connectivity index (χ3v) is 8.29. The maximum Gasteiger partial charge on any atom is 0.150 e. The molecule has 0 aliphatic carbocycles. The van der Waals surface area contributed by atoms with E-state index in [-0.39, 0.29) is 0 Å². The largest absolute Gasteiger partial charge is 0.277 e. The Labute approximate surface area is 252 Å². The van der Waals surface area contributed by atoms with Gasteiger partial charge in [-0.15, -0.1) is 0 Å². The van der Waals surface area contributed by atoms with E-state index in [0.29, 0.717) is 0 Å². The smallest absolute Gasteiger partial charge is 0.150 e. The van der Waals surface area contributed by atoms with Crippen molar-refractivity contribution in [1.82, 2.24) is 29.1 Å². The number of aromatic nitrogens is 6. The van der Waals surface area contributed by atoms with Crippen molar-refractivity contribution in [3.8, 4) is 33.9 Å². The van der Waals surface area contributed by atoms with E-state index in [4.69, 9.17) is 19.9 Å². The van der Waals surface area contributed by atoms with Gasteiger partial charge in [0.1, 0.15) is 17.3 Å². The second kappa shape index (κ2) is 9.71. The zero-order valence-electron chi connectivity index (χ0n) is 23.5. The van der Waals surface area contributed by atoms with Crippen LogP contribution in [0.4, 0.5) is 0 Å². The topological polar surface area (TPSA) is 61.4 Å². The SMILES string of the molecule is c1ccc(-c2cccnc2-n2c3ccccc3c3cc4c5ncccc5n(-c5ncccc5-c5ccccc5)c4nc32)cc1. The predicted octanol–water partition coefficient (Wildman–Crippen LogP) is 8.79. The highest BCUT2D eigenvalue weighted by atomic mass is 15.2. The molecular weight excluding hydrogens is 540 g/mol. The normalized spacial score (nSPS) is 11.6. The van der Waals surface area contributed by atoms with Crippen LogP contribution in [0.2, 0.25) is 0 Å². The van der Waals surface area contributed by atoms with Gasteiger partial charge in [-0.25, -0.2) is 15.0 Å². The zero-order chi connectivity index (χ0) is 29.0. The van der Waals surface area contributed by atoms with E-state index in [2.05, 4.69) is 106 Å². The Morgan fingerprint density at radius 2 is 0.932 bits per heavy atom. The predicted molar refractivity (Wildman–Crippen MR) is 177 cm³/mol. The Morgan fingerprint density at radius 3 is 1.61 bits per heavy atom. The van der Waals surface area contributed by atoms with Crippen molar-refractivity contribution in [2.24, 2.45) is 0 Å². The van der Waals surface area contributed by atoms with Gasteiger partial charge in [0.15, 0.2) is 5.65 Å². The van der Waals surface area contributed by atoms with Crippen LogP contribution in [-0.4, -0.2) is 29.1 Å². The Hall–Kier alpha value is -6.14. The molecule has 0 fully saturated rings. The second-order valence-corrected chi connectivity index (χ2v) is 10.8. The number of benzene rings is 3. The molecule has 206 valence electrons. The molecule has 0 bridgehead atoms. The lowest BCUT2D eigenvalue weighted by Crippen LogP contribution is -2.03. The highest BCUT2D eigenvalue weighted by molar-refractivity contribution is 6.16. The average Bonchev–Trinajstić information content (AvgIpc) is 3.60. The Kier molecular flexibility index (Phi) is 5.40. The molecule has 6 heteroatoms. The van der Waals surface area contributed by atoms with Crippen molar-refractivity contribution in [3.63, 3.8) is 0 Å². The number of rotatable bonds is 4. The molecule has 44 heavy (non-hydrogen) atoms. The molecule has 0 saturated carbocycles. The number of hydrogen-bond acceptors (Lipinski definition) is 4. The van der Waals surface area contributed by atoms with Crippen LogP contribution in [0.3, 0.4) is 0 Å². The summed E-state index contributed by atoms with van der Waals surface area (Å²) in [4.78, 5) is 20.2. The fourth-order valence-corrected chi connectivity index (χ4v) is 6.38. The monoisotopic (exact) mass is 564 g/mol. The molecule has 9 rings (SSSR count). The van der Waals surface area contributed by atoms with Crippen LogP contribution in [0.5, 0.6) is 0 Å². The maximum absolute atomic E-state index is 5.48. The highest BCUT2D eigenvalue weighted by Gasteiger charge is 2.23. The quantitative estimate of drug-likeness (QED) is 0.214. The summed E-state index contributed by atoms with van der Waals surface area (Å²) in [6, 6.07) is 43.7. The van der Waals surface area contributed by atoms with Gasteiger partial charge in [-0.05, 0) is 59.7 Å². The summed E-state index contributed by atoms with van der Waals surface area (Å²) in [5, 5.41) is 3.14. The summed E-state index contributed by atoms with van der Waals surface area (Å²) < 4.78 is 4.34. The summed E-state index contributed by atoms with van der Waals surface area (Å²) in [5.41, 5.74) is 8.76. The fraction of sp³-hybridized carbons (Fsp3) is 0. The Balaban J connectivity index is 1.43. The first-order valence-corrected chi connectivity index (χ1v) is 14.6. The summed E-state index contributed by atoms with van der Waals surface area (Å²) in [6.07, 6.45) is 5.53. The number of hydrogen-bond donors (Lipinski definition) is 0. The van der Waals surface area contributed by atoms with E-state index in [1.165, 1.54) is 0 Å². The third kappa shape index (κ3) is 3.61. The lowest BCUT2D eigenvalue weighted by Gasteiger charge is -2.13. The molecule has 0 aliphatic heterocycles. The first kappa shape index (κ1) is 24.5. The molecule has 0 saturated heterocycles.